The third-order valence-electron chi connectivity index (χ3n) is 3.24. The molecule has 0 aromatic carbocycles. The van der Waals surface area contributed by atoms with Gasteiger partial charge in [-0.1, -0.05) is 13.8 Å². The molecular weight excluding hydrogens is 252 g/mol. The Labute approximate surface area is 119 Å². The first-order valence-corrected chi connectivity index (χ1v) is 6.79. The van der Waals surface area contributed by atoms with Crippen molar-refractivity contribution < 1.29 is 4.42 Å². The topological polar surface area (TPSA) is 68.2 Å². The molecule has 0 aliphatic carbocycles. The van der Waals surface area contributed by atoms with Crippen molar-refractivity contribution in [2.75, 3.05) is 17.7 Å². The van der Waals surface area contributed by atoms with Gasteiger partial charge in [-0.2, -0.15) is 0 Å². The number of hydrogen-bond donors (Lipinski definition) is 1. The van der Waals surface area contributed by atoms with Gasteiger partial charge in [-0.25, -0.2) is 9.97 Å². The van der Waals surface area contributed by atoms with Crippen LogP contribution < -0.4 is 10.6 Å². The largest absolute Gasteiger partial charge is 0.464 e. The number of rotatable bonds is 4. The second kappa shape index (κ2) is 5.53. The number of anilines is 2. The van der Waals surface area contributed by atoms with Crippen LogP contribution in [0.15, 0.2) is 16.5 Å². The fourth-order valence-corrected chi connectivity index (χ4v) is 2.05. The lowest BCUT2D eigenvalue weighted by Crippen LogP contribution is -2.21. The molecule has 0 aliphatic heterocycles. The van der Waals surface area contributed by atoms with E-state index >= 15 is 0 Å². The quantitative estimate of drug-likeness (QED) is 0.928. The highest BCUT2D eigenvalue weighted by Crippen LogP contribution is 2.24. The highest BCUT2D eigenvalue weighted by atomic mass is 16.3. The number of nitrogens with two attached hydrogens (primary N) is 1. The SMILES string of the molecule is Cc1ccc(CN(C)c2nc(C(C)C)nc(N)c2C)o1. The molecule has 20 heavy (non-hydrogen) atoms. The standard InChI is InChI=1S/C15H22N4O/c1-9(2)14-17-13(16)11(4)15(18-14)19(5)8-12-7-6-10(3)20-12/h6-7,9H,8H2,1-5H3,(H2,16,17,18). The monoisotopic (exact) mass is 274 g/mol. The van der Waals surface area contributed by atoms with E-state index in [2.05, 4.69) is 23.8 Å². The van der Waals surface area contributed by atoms with Gasteiger partial charge in [0, 0.05) is 18.5 Å². The van der Waals surface area contributed by atoms with Crippen LogP contribution in [0.3, 0.4) is 0 Å². The number of aryl methyl sites for hydroxylation is 1. The van der Waals surface area contributed by atoms with E-state index in [1.807, 2.05) is 37.9 Å². The van der Waals surface area contributed by atoms with Gasteiger partial charge >= 0.3 is 0 Å². The molecule has 0 atom stereocenters. The van der Waals surface area contributed by atoms with Crippen LogP contribution in [0.2, 0.25) is 0 Å². The Morgan fingerprint density at radius 2 is 1.95 bits per heavy atom. The molecule has 2 N–H and O–H groups in total. The summed E-state index contributed by atoms with van der Waals surface area (Å²) >= 11 is 0. The summed E-state index contributed by atoms with van der Waals surface area (Å²) in [7, 11) is 1.98. The van der Waals surface area contributed by atoms with Crippen molar-refractivity contribution >= 4 is 11.6 Å². The lowest BCUT2D eigenvalue weighted by molar-refractivity contribution is 0.481. The van der Waals surface area contributed by atoms with E-state index in [4.69, 9.17) is 10.2 Å². The zero-order chi connectivity index (χ0) is 14.9. The third-order valence-corrected chi connectivity index (χ3v) is 3.24. The van der Waals surface area contributed by atoms with Crippen molar-refractivity contribution in [2.24, 2.45) is 0 Å². The minimum atomic E-state index is 0.246. The van der Waals surface area contributed by atoms with Gasteiger partial charge in [-0.3, -0.25) is 0 Å². The van der Waals surface area contributed by atoms with Crippen molar-refractivity contribution in [3.63, 3.8) is 0 Å². The number of furan rings is 1. The summed E-state index contributed by atoms with van der Waals surface area (Å²) in [5.41, 5.74) is 6.90. The molecular formula is C15H22N4O. The van der Waals surface area contributed by atoms with Gasteiger partial charge in [0.15, 0.2) is 0 Å². The average molecular weight is 274 g/mol. The fourth-order valence-electron chi connectivity index (χ4n) is 2.05. The van der Waals surface area contributed by atoms with Crippen LogP contribution in [0, 0.1) is 13.8 Å². The molecule has 108 valence electrons. The summed E-state index contributed by atoms with van der Waals surface area (Å²) in [6, 6.07) is 3.94. The molecule has 0 saturated heterocycles. The molecule has 2 rings (SSSR count). The lowest BCUT2D eigenvalue weighted by atomic mass is 10.2. The highest BCUT2D eigenvalue weighted by Gasteiger charge is 2.15. The van der Waals surface area contributed by atoms with Crippen LogP contribution in [-0.4, -0.2) is 17.0 Å². The predicted octanol–water partition coefficient (Wildman–Crippen LogP) is 3.03. The Morgan fingerprint density at radius 3 is 2.50 bits per heavy atom. The Hall–Kier alpha value is -2.04. The van der Waals surface area contributed by atoms with E-state index in [1.54, 1.807) is 0 Å². The Morgan fingerprint density at radius 1 is 1.25 bits per heavy atom. The minimum Gasteiger partial charge on any atom is -0.464 e. The van der Waals surface area contributed by atoms with E-state index in [9.17, 15) is 0 Å². The van der Waals surface area contributed by atoms with Crippen molar-refractivity contribution in [3.05, 3.63) is 35.0 Å². The maximum absolute atomic E-state index is 5.99. The first-order chi connectivity index (χ1) is 9.38. The molecule has 0 bridgehead atoms. The van der Waals surface area contributed by atoms with Crippen LogP contribution in [-0.2, 0) is 6.54 Å². The van der Waals surface area contributed by atoms with Gasteiger partial charge in [0.25, 0.3) is 0 Å². The van der Waals surface area contributed by atoms with Gasteiger partial charge in [0.2, 0.25) is 0 Å². The Bertz CT molecular complexity index is 604. The van der Waals surface area contributed by atoms with Crippen LogP contribution in [0.1, 0.15) is 42.7 Å². The van der Waals surface area contributed by atoms with Gasteiger partial charge in [0.05, 0.1) is 6.54 Å². The molecule has 0 aliphatic rings. The molecule has 0 radical (unpaired) electrons. The van der Waals surface area contributed by atoms with Crippen LogP contribution in [0.4, 0.5) is 11.6 Å². The second-order valence-corrected chi connectivity index (χ2v) is 5.44. The van der Waals surface area contributed by atoms with Crippen molar-refractivity contribution in [2.45, 2.75) is 40.2 Å². The molecule has 0 unspecified atom stereocenters. The number of nitrogen functional groups attached to an aromatic ring is 1. The molecule has 0 spiro atoms. The van der Waals surface area contributed by atoms with E-state index < -0.39 is 0 Å². The summed E-state index contributed by atoms with van der Waals surface area (Å²) in [4.78, 5) is 11.0. The van der Waals surface area contributed by atoms with Gasteiger partial charge in [-0.05, 0) is 26.0 Å². The smallest absolute Gasteiger partial charge is 0.137 e. The molecule has 0 saturated carbocycles. The third kappa shape index (κ3) is 2.92. The number of nitrogens with zero attached hydrogens (tertiary/aromatic N) is 3. The summed E-state index contributed by atoms with van der Waals surface area (Å²) < 4.78 is 5.61. The summed E-state index contributed by atoms with van der Waals surface area (Å²) in [5, 5.41) is 0. The summed E-state index contributed by atoms with van der Waals surface area (Å²) in [6.45, 7) is 8.66. The normalized spacial score (nSPS) is 11.1. The average Bonchev–Trinajstić information content (AvgIpc) is 2.77. The van der Waals surface area contributed by atoms with Crippen molar-refractivity contribution in [1.82, 2.24) is 9.97 Å². The van der Waals surface area contributed by atoms with Crippen LogP contribution >= 0.6 is 0 Å². The molecule has 5 nitrogen and oxygen atoms in total. The molecule has 2 aromatic heterocycles. The lowest BCUT2D eigenvalue weighted by Gasteiger charge is -2.21. The van der Waals surface area contributed by atoms with E-state index in [0.29, 0.717) is 12.4 Å². The number of hydrogen-bond acceptors (Lipinski definition) is 5. The van der Waals surface area contributed by atoms with Gasteiger partial charge < -0.3 is 15.1 Å². The van der Waals surface area contributed by atoms with Crippen LogP contribution in [0.25, 0.3) is 0 Å². The molecule has 5 heteroatoms. The van der Waals surface area contributed by atoms with Crippen molar-refractivity contribution in [3.8, 4) is 0 Å². The molecule has 2 aromatic rings. The van der Waals surface area contributed by atoms with E-state index in [-0.39, 0.29) is 5.92 Å². The first-order valence-electron chi connectivity index (χ1n) is 6.79. The number of aromatic nitrogens is 2. The predicted molar refractivity (Wildman–Crippen MR) is 80.8 cm³/mol. The van der Waals surface area contributed by atoms with Gasteiger partial charge in [-0.15, -0.1) is 0 Å². The van der Waals surface area contributed by atoms with E-state index in [0.717, 1.165) is 28.7 Å². The highest BCUT2D eigenvalue weighted by molar-refractivity contribution is 5.56. The maximum Gasteiger partial charge on any atom is 0.137 e. The molecule has 2 heterocycles. The Kier molecular flexibility index (Phi) is 3.97. The maximum atomic E-state index is 5.99. The molecule has 0 fully saturated rings. The summed E-state index contributed by atoms with van der Waals surface area (Å²) in [5.74, 6) is 4.24. The minimum absolute atomic E-state index is 0.246. The summed E-state index contributed by atoms with van der Waals surface area (Å²) in [6.07, 6.45) is 0. The van der Waals surface area contributed by atoms with Crippen LogP contribution in [0.5, 0.6) is 0 Å². The van der Waals surface area contributed by atoms with Crippen molar-refractivity contribution in [1.29, 1.82) is 0 Å². The zero-order valence-electron chi connectivity index (χ0n) is 12.8. The second-order valence-electron chi connectivity index (χ2n) is 5.44. The fraction of sp³-hybridized carbons (Fsp3) is 0.467. The van der Waals surface area contributed by atoms with Gasteiger partial charge in [0.1, 0.15) is 29.0 Å². The molecule has 0 amide bonds. The van der Waals surface area contributed by atoms with E-state index in [1.165, 1.54) is 0 Å². The Balaban J connectivity index is 2.30. The zero-order valence-corrected chi connectivity index (χ0v) is 12.8. The first kappa shape index (κ1) is 14.4.